The smallest absolute Gasteiger partial charge is 0.306 e. The van der Waals surface area contributed by atoms with Gasteiger partial charge in [0.1, 0.15) is 13.2 Å². The summed E-state index contributed by atoms with van der Waals surface area (Å²) >= 11 is 0. The second kappa shape index (κ2) is 63.2. The maximum Gasteiger partial charge on any atom is 0.306 e. The molecular formula is C68H126O6. The van der Waals surface area contributed by atoms with Crippen LogP contribution in [0.1, 0.15) is 361 Å². The topological polar surface area (TPSA) is 78.9 Å². The first-order valence-corrected chi connectivity index (χ1v) is 33.0. The van der Waals surface area contributed by atoms with Gasteiger partial charge in [0.25, 0.3) is 0 Å². The Kier molecular flexibility index (Phi) is 61.1. The molecule has 0 aliphatic heterocycles. The van der Waals surface area contributed by atoms with Crippen molar-refractivity contribution in [1.29, 1.82) is 0 Å². The molecule has 0 aromatic rings. The average molecular weight is 1040 g/mol. The van der Waals surface area contributed by atoms with Crippen LogP contribution in [-0.2, 0) is 28.6 Å². The number of carbonyl (C=O) groups is 3. The predicted molar refractivity (Wildman–Crippen MR) is 321 cm³/mol. The zero-order valence-electron chi connectivity index (χ0n) is 49.9. The van der Waals surface area contributed by atoms with Crippen LogP contribution >= 0.6 is 0 Å². The molecule has 0 aromatic heterocycles. The van der Waals surface area contributed by atoms with Crippen molar-refractivity contribution >= 4 is 17.9 Å². The summed E-state index contributed by atoms with van der Waals surface area (Å²) in [6.07, 6.45) is 77.3. The summed E-state index contributed by atoms with van der Waals surface area (Å²) in [5.41, 5.74) is 0. The highest BCUT2D eigenvalue weighted by atomic mass is 16.6. The fraction of sp³-hybridized carbons (Fsp3) is 0.868. The van der Waals surface area contributed by atoms with Crippen LogP contribution in [0.2, 0.25) is 0 Å². The minimum Gasteiger partial charge on any atom is -0.462 e. The van der Waals surface area contributed by atoms with Crippen molar-refractivity contribution in [2.24, 2.45) is 0 Å². The highest BCUT2D eigenvalue weighted by Gasteiger charge is 2.19. The molecule has 0 radical (unpaired) electrons. The van der Waals surface area contributed by atoms with E-state index in [1.165, 1.54) is 250 Å². The van der Waals surface area contributed by atoms with Gasteiger partial charge in [-0.1, -0.05) is 320 Å². The molecule has 74 heavy (non-hydrogen) atoms. The van der Waals surface area contributed by atoms with Gasteiger partial charge in [-0.05, 0) is 57.8 Å². The summed E-state index contributed by atoms with van der Waals surface area (Å²) in [7, 11) is 0. The molecule has 0 rings (SSSR count). The van der Waals surface area contributed by atoms with Gasteiger partial charge in [0.05, 0.1) is 0 Å². The van der Waals surface area contributed by atoms with Gasteiger partial charge in [0.2, 0.25) is 0 Å². The zero-order chi connectivity index (χ0) is 53.6. The third-order valence-corrected chi connectivity index (χ3v) is 14.9. The Morgan fingerprint density at radius 3 is 0.757 bits per heavy atom. The Morgan fingerprint density at radius 1 is 0.270 bits per heavy atom. The van der Waals surface area contributed by atoms with E-state index in [1.54, 1.807) is 0 Å². The molecule has 0 aliphatic carbocycles. The van der Waals surface area contributed by atoms with E-state index < -0.39 is 6.10 Å². The van der Waals surface area contributed by atoms with Gasteiger partial charge < -0.3 is 14.2 Å². The largest absolute Gasteiger partial charge is 0.462 e. The number of esters is 3. The van der Waals surface area contributed by atoms with Crippen molar-refractivity contribution in [1.82, 2.24) is 0 Å². The predicted octanol–water partition coefficient (Wildman–Crippen LogP) is 22.4. The van der Waals surface area contributed by atoms with Crippen molar-refractivity contribution in [3.05, 3.63) is 36.5 Å². The lowest BCUT2D eigenvalue weighted by molar-refractivity contribution is -0.167. The molecule has 0 amide bonds. The first-order valence-electron chi connectivity index (χ1n) is 33.0. The number of unbranched alkanes of at least 4 members (excludes halogenated alkanes) is 44. The maximum atomic E-state index is 12.9. The number of carbonyl (C=O) groups excluding carboxylic acids is 3. The molecule has 0 fully saturated rings. The first kappa shape index (κ1) is 71.6. The third-order valence-electron chi connectivity index (χ3n) is 14.9. The SMILES string of the molecule is CCCCCCC/C=C\C/C=C\C/C=C\CCCCCCCCCCCCCCC(=O)OCC(COC(=O)CCCCCCCCCCCCC)OC(=O)CCCCCCCCCCCCCCCCCCCC. The number of allylic oxidation sites excluding steroid dienone is 6. The van der Waals surface area contributed by atoms with E-state index in [0.717, 1.165) is 70.6 Å². The molecule has 434 valence electrons. The molecule has 6 nitrogen and oxygen atoms in total. The van der Waals surface area contributed by atoms with Gasteiger partial charge in [-0.3, -0.25) is 14.4 Å². The van der Waals surface area contributed by atoms with Gasteiger partial charge in [-0.2, -0.15) is 0 Å². The highest BCUT2D eigenvalue weighted by molar-refractivity contribution is 5.71. The molecule has 0 aliphatic rings. The number of hydrogen-bond acceptors (Lipinski definition) is 6. The van der Waals surface area contributed by atoms with Crippen molar-refractivity contribution < 1.29 is 28.6 Å². The number of hydrogen-bond donors (Lipinski definition) is 0. The molecule has 0 saturated heterocycles. The van der Waals surface area contributed by atoms with E-state index in [1.807, 2.05) is 0 Å². The maximum absolute atomic E-state index is 12.9. The lowest BCUT2D eigenvalue weighted by atomic mass is 10.0. The highest BCUT2D eigenvalue weighted by Crippen LogP contribution is 2.18. The summed E-state index contributed by atoms with van der Waals surface area (Å²) in [6, 6.07) is 0. The van der Waals surface area contributed by atoms with Crippen LogP contribution in [0.15, 0.2) is 36.5 Å². The number of rotatable bonds is 61. The van der Waals surface area contributed by atoms with Gasteiger partial charge in [-0.25, -0.2) is 0 Å². The molecule has 0 aromatic carbocycles. The van der Waals surface area contributed by atoms with E-state index in [9.17, 15) is 14.4 Å². The minimum atomic E-state index is -0.768. The van der Waals surface area contributed by atoms with Crippen molar-refractivity contribution in [2.75, 3.05) is 13.2 Å². The van der Waals surface area contributed by atoms with Gasteiger partial charge in [-0.15, -0.1) is 0 Å². The molecular weight excluding hydrogens is 913 g/mol. The summed E-state index contributed by atoms with van der Waals surface area (Å²) in [5.74, 6) is -0.844. The molecule has 6 heteroatoms. The van der Waals surface area contributed by atoms with Crippen LogP contribution in [0.3, 0.4) is 0 Å². The summed E-state index contributed by atoms with van der Waals surface area (Å²) in [6.45, 7) is 6.68. The van der Waals surface area contributed by atoms with Crippen LogP contribution in [0.4, 0.5) is 0 Å². The summed E-state index contributed by atoms with van der Waals surface area (Å²) < 4.78 is 16.9. The molecule has 0 heterocycles. The van der Waals surface area contributed by atoms with E-state index >= 15 is 0 Å². The van der Waals surface area contributed by atoms with E-state index in [2.05, 4.69) is 57.2 Å². The normalized spacial score (nSPS) is 12.2. The Hall–Kier alpha value is -2.37. The van der Waals surface area contributed by atoms with E-state index in [0.29, 0.717) is 19.3 Å². The monoisotopic (exact) mass is 1040 g/mol. The van der Waals surface area contributed by atoms with Gasteiger partial charge in [0.15, 0.2) is 6.10 Å². The second-order valence-electron chi connectivity index (χ2n) is 22.4. The fourth-order valence-electron chi connectivity index (χ4n) is 9.92. The lowest BCUT2D eigenvalue weighted by Crippen LogP contribution is -2.30. The van der Waals surface area contributed by atoms with Gasteiger partial charge >= 0.3 is 17.9 Å². The molecule has 1 unspecified atom stereocenters. The molecule has 0 spiro atoms. The van der Waals surface area contributed by atoms with Gasteiger partial charge in [0, 0.05) is 19.3 Å². The molecule has 0 bridgehead atoms. The van der Waals surface area contributed by atoms with Crippen molar-refractivity contribution in [2.45, 2.75) is 367 Å². The van der Waals surface area contributed by atoms with Crippen LogP contribution in [0, 0.1) is 0 Å². The molecule has 0 N–H and O–H groups in total. The van der Waals surface area contributed by atoms with Crippen molar-refractivity contribution in [3.63, 3.8) is 0 Å². The van der Waals surface area contributed by atoms with E-state index in [-0.39, 0.29) is 31.1 Å². The fourth-order valence-corrected chi connectivity index (χ4v) is 9.92. The molecule has 0 saturated carbocycles. The average Bonchev–Trinajstić information content (AvgIpc) is 3.40. The Bertz CT molecular complexity index is 1240. The summed E-state index contributed by atoms with van der Waals surface area (Å²) in [5, 5.41) is 0. The Labute approximate surface area is 461 Å². The van der Waals surface area contributed by atoms with Crippen molar-refractivity contribution in [3.8, 4) is 0 Å². The zero-order valence-corrected chi connectivity index (χ0v) is 49.9. The second-order valence-corrected chi connectivity index (χ2v) is 22.4. The molecule has 1 atom stereocenters. The quantitative estimate of drug-likeness (QED) is 0.0261. The Morgan fingerprint density at radius 2 is 0.486 bits per heavy atom. The van der Waals surface area contributed by atoms with Crippen LogP contribution in [0.5, 0.6) is 0 Å². The minimum absolute atomic E-state index is 0.0666. The van der Waals surface area contributed by atoms with Crippen LogP contribution in [-0.4, -0.2) is 37.2 Å². The van der Waals surface area contributed by atoms with E-state index in [4.69, 9.17) is 14.2 Å². The first-order chi connectivity index (χ1) is 36.5. The summed E-state index contributed by atoms with van der Waals surface area (Å²) in [4.78, 5) is 38.3. The number of ether oxygens (including phenoxy) is 3. The Balaban J connectivity index is 4.19. The third kappa shape index (κ3) is 60.5. The van der Waals surface area contributed by atoms with Crippen LogP contribution in [0.25, 0.3) is 0 Å². The lowest BCUT2D eigenvalue weighted by Gasteiger charge is -2.18. The standard InChI is InChI=1S/C68H126O6/c1-4-7-10-13-16-19-22-24-26-28-30-31-32-33-34-35-36-37-38-40-41-43-46-49-52-55-58-61-67(70)73-64-65(63-72-66(69)60-57-54-51-48-45-21-18-15-12-9-6-3)74-68(71)62-59-56-53-50-47-44-42-39-29-27-25-23-20-17-14-11-8-5-2/h22,24,28,30,32-33,65H,4-21,23,25-27,29,31,34-64H2,1-3H3/b24-22-,30-28-,33-32-. The van der Waals surface area contributed by atoms with Crippen LogP contribution < -0.4 is 0 Å².